The van der Waals surface area contributed by atoms with Gasteiger partial charge >= 0.3 is 0 Å². The molecule has 0 aliphatic heterocycles. The van der Waals surface area contributed by atoms with Crippen LogP contribution >= 0.6 is 39.1 Å². The number of nitrogens with one attached hydrogen (secondary N) is 1. The summed E-state index contributed by atoms with van der Waals surface area (Å²) in [6.07, 6.45) is 0.262. The number of halogens is 3. The number of carbonyl (C=O) groups excluding carboxylic acids is 1. The third kappa shape index (κ3) is 3.98. The molecule has 0 saturated carbocycles. The molecule has 0 fully saturated rings. The molecule has 2 aromatic carbocycles. The van der Waals surface area contributed by atoms with Crippen LogP contribution in [0, 0.1) is 6.92 Å². The molecule has 0 bridgehead atoms. The molecular formula is C15H12BrCl2NO. The van der Waals surface area contributed by atoms with Gasteiger partial charge in [-0.15, -0.1) is 0 Å². The first-order valence-electron chi connectivity index (χ1n) is 5.95. The van der Waals surface area contributed by atoms with Crippen LogP contribution in [0.15, 0.2) is 40.9 Å². The Balaban J connectivity index is 2.10. The number of aryl methyl sites for hydroxylation is 1. The lowest BCUT2D eigenvalue weighted by Gasteiger charge is -2.09. The van der Waals surface area contributed by atoms with Crippen molar-refractivity contribution in [1.82, 2.24) is 0 Å². The first-order valence-corrected chi connectivity index (χ1v) is 7.50. The maximum atomic E-state index is 12.0. The molecule has 0 unspecified atom stereocenters. The summed E-state index contributed by atoms with van der Waals surface area (Å²) in [7, 11) is 0. The Morgan fingerprint density at radius 2 is 2.00 bits per heavy atom. The second-order valence-electron chi connectivity index (χ2n) is 4.44. The number of carbonyl (C=O) groups is 1. The molecule has 0 heterocycles. The van der Waals surface area contributed by atoms with Crippen LogP contribution in [0.2, 0.25) is 10.0 Å². The maximum absolute atomic E-state index is 12.0. The molecular weight excluding hydrogens is 361 g/mol. The zero-order valence-electron chi connectivity index (χ0n) is 10.7. The van der Waals surface area contributed by atoms with E-state index in [0.29, 0.717) is 15.7 Å². The van der Waals surface area contributed by atoms with Gasteiger partial charge < -0.3 is 5.32 Å². The number of hydrogen-bond acceptors (Lipinski definition) is 1. The Morgan fingerprint density at radius 1 is 1.25 bits per heavy atom. The van der Waals surface area contributed by atoms with E-state index in [1.54, 1.807) is 18.2 Å². The minimum absolute atomic E-state index is 0.118. The van der Waals surface area contributed by atoms with Crippen molar-refractivity contribution in [3.8, 4) is 0 Å². The van der Waals surface area contributed by atoms with E-state index in [-0.39, 0.29) is 12.3 Å². The molecule has 1 N–H and O–H groups in total. The fraction of sp³-hybridized carbons (Fsp3) is 0.133. The van der Waals surface area contributed by atoms with Gasteiger partial charge in [-0.2, -0.15) is 0 Å². The summed E-state index contributed by atoms with van der Waals surface area (Å²) in [6.45, 7) is 1.91. The predicted octanol–water partition coefficient (Wildman–Crippen LogP) is 5.25. The number of benzene rings is 2. The van der Waals surface area contributed by atoms with E-state index in [0.717, 1.165) is 15.6 Å². The zero-order chi connectivity index (χ0) is 14.7. The summed E-state index contributed by atoms with van der Waals surface area (Å²) in [5.41, 5.74) is 2.48. The molecule has 5 heteroatoms. The summed E-state index contributed by atoms with van der Waals surface area (Å²) in [6, 6.07) is 10.8. The van der Waals surface area contributed by atoms with Crippen molar-refractivity contribution >= 4 is 50.7 Å². The van der Waals surface area contributed by atoms with E-state index >= 15 is 0 Å². The van der Waals surface area contributed by atoms with Gasteiger partial charge in [-0.25, -0.2) is 0 Å². The molecule has 0 spiro atoms. The van der Waals surface area contributed by atoms with Crippen LogP contribution in [-0.4, -0.2) is 5.91 Å². The maximum Gasteiger partial charge on any atom is 0.228 e. The van der Waals surface area contributed by atoms with Gasteiger partial charge in [-0.3, -0.25) is 4.79 Å². The monoisotopic (exact) mass is 371 g/mol. The van der Waals surface area contributed by atoms with Crippen molar-refractivity contribution in [1.29, 1.82) is 0 Å². The van der Waals surface area contributed by atoms with Crippen molar-refractivity contribution in [2.75, 3.05) is 5.32 Å². The Kier molecular flexibility index (Phi) is 5.08. The van der Waals surface area contributed by atoms with Gasteiger partial charge in [-0.1, -0.05) is 35.3 Å². The zero-order valence-corrected chi connectivity index (χ0v) is 13.8. The second kappa shape index (κ2) is 6.61. The van der Waals surface area contributed by atoms with E-state index in [1.165, 1.54) is 0 Å². The Labute approximate surface area is 136 Å². The summed E-state index contributed by atoms with van der Waals surface area (Å²) in [5, 5.41) is 4.07. The van der Waals surface area contributed by atoms with Crippen LogP contribution in [0.25, 0.3) is 0 Å². The fourth-order valence-corrected chi connectivity index (χ4v) is 2.70. The van der Waals surface area contributed by atoms with Crippen molar-refractivity contribution < 1.29 is 4.79 Å². The molecule has 2 nitrogen and oxygen atoms in total. The van der Waals surface area contributed by atoms with E-state index in [1.807, 2.05) is 25.1 Å². The topological polar surface area (TPSA) is 29.1 Å². The van der Waals surface area contributed by atoms with Crippen molar-refractivity contribution in [2.24, 2.45) is 0 Å². The SMILES string of the molecule is Cc1cc(Br)c(NC(=O)Cc2cccc(Cl)c2)cc1Cl. The highest BCUT2D eigenvalue weighted by molar-refractivity contribution is 9.10. The Bertz CT molecular complexity index is 658. The smallest absolute Gasteiger partial charge is 0.228 e. The minimum Gasteiger partial charge on any atom is -0.325 e. The van der Waals surface area contributed by atoms with Crippen molar-refractivity contribution in [2.45, 2.75) is 13.3 Å². The first-order chi connectivity index (χ1) is 9.45. The minimum atomic E-state index is -0.118. The third-order valence-corrected chi connectivity index (χ3v) is 4.07. The number of anilines is 1. The highest BCUT2D eigenvalue weighted by Gasteiger charge is 2.09. The average molecular weight is 373 g/mol. The van der Waals surface area contributed by atoms with Crippen molar-refractivity contribution in [3.63, 3.8) is 0 Å². The molecule has 1 amide bonds. The highest BCUT2D eigenvalue weighted by atomic mass is 79.9. The Morgan fingerprint density at radius 3 is 2.70 bits per heavy atom. The van der Waals surface area contributed by atoms with Gasteiger partial charge in [-0.05, 0) is 58.2 Å². The quantitative estimate of drug-likeness (QED) is 0.783. The van der Waals surface area contributed by atoms with Gasteiger partial charge in [0.05, 0.1) is 12.1 Å². The van der Waals surface area contributed by atoms with Crippen LogP contribution in [0.1, 0.15) is 11.1 Å². The first kappa shape index (κ1) is 15.4. The molecule has 0 radical (unpaired) electrons. The van der Waals surface area contributed by atoms with Gasteiger partial charge in [0, 0.05) is 14.5 Å². The van der Waals surface area contributed by atoms with E-state index < -0.39 is 0 Å². The number of rotatable bonds is 3. The largest absolute Gasteiger partial charge is 0.325 e. The van der Waals surface area contributed by atoms with Gasteiger partial charge in [0.25, 0.3) is 0 Å². The number of amides is 1. The summed E-state index contributed by atoms with van der Waals surface area (Å²) in [4.78, 5) is 12.0. The van der Waals surface area contributed by atoms with Crippen LogP contribution < -0.4 is 5.32 Å². The molecule has 20 heavy (non-hydrogen) atoms. The molecule has 2 aromatic rings. The molecule has 2 rings (SSSR count). The third-order valence-electron chi connectivity index (χ3n) is 2.78. The fourth-order valence-electron chi connectivity index (χ4n) is 1.77. The molecule has 104 valence electrons. The molecule has 0 saturated heterocycles. The summed E-state index contributed by atoms with van der Waals surface area (Å²) < 4.78 is 0.804. The number of hydrogen-bond donors (Lipinski definition) is 1. The van der Waals surface area contributed by atoms with Gasteiger partial charge in [0.2, 0.25) is 5.91 Å². The lowest BCUT2D eigenvalue weighted by Crippen LogP contribution is -2.14. The average Bonchev–Trinajstić information content (AvgIpc) is 2.36. The van der Waals surface area contributed by atoms with E-state index in [4.69, 9.17) is 23.2 Å². The normalized spacial score (nSPS) is 10.4. The standard InChI is InChI=1S/C15H12BrCl2NO/c1-9-5-12(16)14(8-13(9)18)19-15(20)7-10-3-2-4-11(17)6-10/h2-6,8H,7H2,1H3,(H,19,20). The molecule has 0 aliphatic rings. The predicted molar refractivity (Wildman–Crippen MR) is 87.7 cm³/mol. The van der Waals surface area contributed by atoms with Gasteiger partial charge in [0.1, 0.15) is 0 Å². The van der Waals surface area contributed by atoms with Crippen LogP contribution in [-0.2, 0) is 11.2 Å². The van der Waals surface area contributed by atoms with Crippen LogP contribution in [0.3, 0.4) is 0 Å². The summed E-state index contributed by atoms with van der Waals surface area (Å²) in [5.74, 6) is -0.118. The highest BCUT2D eigenvalue weighted by Crippen LogP contribution is 2.29. The van der Waals surface area contributed by atoms with Gasteiger partial charge in [0.15, 0.2) is 0 Å². The lowest BCUT2D eigenvalue weighted by molar-refractivity contribution is -0.115. The van der Waals surface area contributed by atoms with E-state index in [2.05, 4.69) is 21.2 Å². The lowest BCUT2D eigenvalue weighted by atomic mass is 10.1. The molecule has 0 aliphatic carbocycles. The van der Waals surface area contributed by atoms with E-state index in [9.17, 15) is 4.79 Å². The summed E-state index contributed by atoms with van der Waals surface area (Å²) >= 11 is 15.4. The van der Waals surface area contributed by atoms with Crippen LogP contribution in [0.4, 0.5) is 5.69 Å². The molecule has 0 aromatic heterocycles. The van der Waals surface area contributed by atoms with Crippen molar-refractivity contribution in [3.05, 3.63) is 62.0 Å². The second-order valence-corrected chi connectivity index (χ2v) is 6.13. The Hall–Kier alpha value is -1.03. The van der Waals surface area contributed by atoms with Crippen LogP contribution in [0.5, 0.6) is 0 Å². The molecule has 0 atom stereocenters.